The summed E-state index contributed by atoms with van der Waals surface area (Å²) < 4.78 is 1.68. The molecule has 108 valence electrons. The number of amides is 1. The van der Waals surface area contributed by atoms with E-state index < -0.39 is 5.91 Å². The highest BCUT2D eigenvalue weighted by Crippen LogP contribution is 2.35. The average molecular weight is 293 g/mol. The summed E-state index contributed by atoms with van der Waals surface area (Å²) in [6.45, 7) is 1.84. The zero-order valence-electron chi connectivity index (χ0n) is 11.6. The number of primary amides is 1. The minimum Gasteiger partial charge on any atom is -0.368 e. The largest absolute Gasteiger partial charge is 0.368 e. The van der Waals surface area contributed by atoms with Crippen molar-refractivity contribution in [1.29, 1.82) is 5.26 Å². The van der Waals surface area contributed by atoms with Gasteiger partial charge < -0.3 is 5.73 Å². The number of thioether (sulfide) groups is 1. The summed E-state index contributed by atoms with van der Waals surface area (Å²) in [4.78, 5) is 11.1. The van der Waals surface area contributed by atoms with E-state index in [-0.39, 0.29) is 11.8 Å². The van der Waals surface area contributed by atoms with Crippen LogP contribution in [-0.4, -0.2) is 25.9 Å². The smallest absolute Gasteiger partial charge is 0.237 e. The fourth-order valence-electron chi connectivity index (χ4n) is 2.57. The molecule has 1 atom stereocenters. The number of aryl methyl sites for hydroxylation is 1. The van der Waals surface area contributed by atoms with E-state index >= 15 is 0 Å². The molecular formula is C13H19N5OS. The Morgan fingerprint density at radius 2 is 2.20 bits per heavy atom. The lowest BCUT2D eigenvalue weighted by Crippen LogP contribution is -2.22. The van der Waals surface area contributed by atoms with Crippen LogP contribution in [0.25, 0.3) is 0 Å². The first kappa shape index (κ1) is 14.9. The number of carbonyl (C=O) groups excluding carboxylic acids is 1. The lowest BCUT2D eigenvalue weighted by molar-refractivity contribution is -0.118. The van der Waals surface area contributed by atoms with Crippen molar-refractivity contribution in [2.45, 2.75) is 56.0 Å². The molecule has 2 N–H and O–H groups in total. The fraction of sp³-hybridized carbons (Fsp3) is 0.692. The van der Waals surface area contributed by atoms with Crippen LogP contribution in [-0.2, 0) is 11.3 Å². The summed E-state index contributed by atoms with van der Waals surface area (Å²) in [7, 11) is 0. The summed E-state index contributed by atoms with van der Waals surface area (Å²) in [6, 6.07) is 2.38. The Morgan fingerprint density at radius 1 is 1.50 bits per heavy atom. The Kier molecular flexibility index (Phi) is 5.01. The summed E-state index contributed by atoms with van der Waals surface area (Å²) in [5.74, 6) is 0.616. The quantitative estimate of drug-likeness (QED) is 0.832. The Balaban J connectivity index is 2.11. The van der Waals surface area contributed by atoms with Gasteiger partial charge in [-0.25, -0.2) is 0 Å². The molecule has 1 unspecified atom stereocenters. The Labute approximate surface area is 122 Å². The second-order valence-electron chi connectivity index (χ2n) is 5.15. The van der Waals surface area contributed by atoms with Crippen LogP contribution in [0.3, 0.4) is 0 Å². The SMILES string of the molecule is Cc1nnc(SC(C#N)C2CCCCC2)n1CC(N)=O. The van der Waals surface area contributed by atoms with Gasteiger partial charge in [-0.15, -0.1) is 10.2 Å². The van der Waals surface area contributed by atoms with Gasteiger partial charge in [0.15, 0.2) is 5.16 Å². The van der Waals surface area contributed by atoms with Crippen molar-refractivity contribution in [1.82, 2.24) is 14.8 Å². The minimum atomic E-state index is -0.430. The van der Waals surface area contributed by atoms with Crippen molar-refractivity contribution < 1.29 is 4.79 Å². The maximum absolute atomic E-state index is 11.1. The molecule has 0 saturated heterocycles. The summed E-state index contributed by atoms with van der Waals surface area (Å²) in [6.07, 6.45) is 5.82. The fourth-order valence-corrected chi connectivity index (χ4v) is 3.72. The van der Waals surface area contributed by atoms with Crippen LogP contribution in [0.4, 0.5) is 0 Å². The van der Waals surface area contributed by atoms with E-state index in [0.717, 1.165) is 12.8 Å². The van der Waals surface area contributed by atoms with Crippen LogP contribution in [0.1, 0.15) is 37.9 Å². The predicted molar refractivity (Wildman–Crippen MR) is 75.8 cm³/mol. The van der Waals surface area contributed by atoms with E-state index in [1.165, 1.54) is 31.0 Å². The molecule has 0 aliphatic heterocycles. The summed E-state index contributed by atoms with van der Waals surface area (Å²) in [5, 5.41) is 17.9. The first-order chi connectivity index (χ1) is 9.61. The Morgan fingerprint density at radius 3 is 2.80 bits per heavy atom. The number of rotatable bonds is 5. The first-order valence-corrected chi connectivity index (χ1v) is 7.74. The number of aromatic nitrogens is 3. The number of carbonyl (C=O) groups is 1. The predicted octanol–water partition coefficient (Wildman–Crippen LogP) is 1.64. The zero-order chi connectivity index (χ0) is 14.5. The second kappa shape index (κ2) is 6.75. The van der Waals surface area contributed by atoms with Crippen molar-refractivity contribution >= 4 is 17.7 Å². The highest BCUT2D eigenvalue weighted by molar-refractivity contribution is 8.00. The summed E-state index contributed by atoms with van der Waals surface area (Å²) >= 11 is 1.41. The third kappa shape index (κ3) is 3.51. The van der Waals surface area contributed by atoms with Gasteiger partial charge in [0.1, 0.15) is 17.6 Å². The molecule has 1 amide bonds. The zero-order valence-corrected chi connectivity index (χ0v) is 12.4. The van der Waals surface area contributed by atoms with Gasteiger partial charge in [-0.05, 0) is 25.7 Å². The van der Waals surface area contributed by atoms with Gasteiger partial charge in [-0.3, -0.25) is 9.36 Å². The minimum absolute atomic E-state index is 0.0595. The van der Waals surface area contributed by atoms with Crippen LogP contribution in [0.15, 0.2) is 5.16 Å². The van der Waals surface area contributed by atoms with Crippen LogP contribution < -0.4 is 5.73 Å². The number of hydrogen-bond acceptors (Lipinski definition) is 5. The van der Waals surface area contributed by atoms with Crippen LogP contribution in [0, 0.1) is 24.2 Å². The molecule has 0 aromatic carbocycles. The molecule has 1 aromatic heterocycles. The lowest BCUT2D eigenvalue weighted by Gasteiger charge is -2.24. The number of nitrogens with zero attached hydrogens (tertiary/aromatic N) is 4. The first-order valence-electron chi connectivity index (χ1n) is 6.86. The molecule has 6 nitrogen and oxygen atoms in total. The van der Waals surface area contributed by atoms with Crippen molar-refractivity contribution in [3.05, 3.63) is 5.82 Å². The van der Waals surface area contributed by atoms with Crippen molar-refractivity contribution in [2.75, 3.05) is 0 Å². The van der Waals surface area contributed by atoms with Gasteiger partial charge in [0.25, 0.3) is 0 Å². The summed E-state index contributed by atoms with van der Waals surface area (Å²) in [5.41, 5.74) is 5.24. The van der Waals surface area contributed by atoms with Crippen LogP contribution >= 0.6 is 11.8 Å². The van der Waals surface area contributed by atoms with E-state index in [2.05, 4.69) is 16.3 Å². The maximum atomic E-state index is 11.1. The third-order valence-electron chi connectivity index (χ3n) is 3.65. The number of nitrogens with two attached hydrogens (primary N) is 1. The molecule has 1 saturated carbocycles. The average Bonchev–Trinajstić information content (AvgIpc) is 2.78. The Hall–Kier alpha value is -1.55. The van der Waals surface area contributed by atoms with Crippen molar-refractivity contribution in [2.24, 2.45) is 11.7 Å². The van der Waals surface area contributed by atoms with Gasteiger partial charge in [-0.2, -0.15) is 5.26 Å². The van der Waals surface area contributed by atoms with Crippen LogP contribution in [0.2, 0.25) is 0 Å². The van der Waals surface area contributed by atoms with Crippen molar-refractivity contribution in [3.63, 3.8) is 0 Å². The normalized spacial score (nSPS) is 17.6. The van der Waals surface area contributed by atoms with Gasteiger partial charge in [0.2, 0.25) is 5.91 Å². The standard InChI is InChI=1S/C13H19N5OS/c1-9-16-17-13(18(9)8-12(15)19)20-11(7-14)10-5-3-2-4-6-10/h10-11H,2-6,8H2,1H3,(H2,15,19). The van der Waals surface area contributed by atoms with E-state index in [0.29, 0.717) is 16.9 Å². The molecule has 2 rings (SSSR count). The molecule has 1 aliphatic carbocycles. The van der Waals surface area contributed by atoms with Gasteiger partial charge in [-0.1, -0.05) is 31.0 Å². The molecule has 0 spiro atoms. The Bertz CT molecular complexity index is 515. The monoisotopic (exact) mass is 293 g/mol. The molecule has 1 fully saturated rings. The number of hydrogen-bond donors (Lipinski definition) is 1. The third-order valence-corrected chi connectivity index (χ3v) is 4.91. The van der Waals surface area contributed by atoms with E-state index in [4.69, 9.17) is 5.73 Å². The van der Waals surface area contributed by atoms with Gasteiger partial charge in [0.05, 0.1) is 6.07 Å². The molecule has 1 aliphatic rings. The molecule has 0 bridgehead atoms. The van der Waals surface area contributed by atoms with Gasteiger partial charge in [0, 0.05) is 0 Å². The topological polar surface area (TPSA) is 97.6 Å². The number of nitriles is 1. The molecule has 20 heavy (non-hydrogen) atoms. The van der Waals surface area contributed by atoms with E-state index in [1.807, 2.05) is 0 Å². The van der Waals surface area contributed by atoms with Crippen molar-refractivity contribution in [3.8, 4) is 6.07 Å². The molecule has 1 heterocycles. The molecular weight excluding hydrogens is 274 g/mol. The molecule has 7 heteroatoms. The molecule has 0 radical (unpaired) electrons. The second-order valence-corrected chi connectivity index (χ2v) is 6.26. The van der Waals surface area contributed by atoms with Crippen LogP contribution in [0.5, 0.6) is 0 Å². The van der Waals surface area contributed by atoms with Gasteiger partial charge >= 0.3 is 0 Å². The highest BCUT2D eigenvalue weighted by Gasteiger charge is 2.26. The van der Waals surface area contributed by atoms with E-state index in [1.54, 1.807) is 11.5 Å². The lowest BCUT2D eigenvalue weighted by atomic mass is 9.87. The maximum Gasteiger partial charge on any atom is 0.237 e. The highest BCUT2D eigenvalue weighted by atomic mass is 32.2. The van der Waals surface area contributed by atoms with E-state index in [9.17, 15) is 10.1 Å². The molecule has 1 aromatic rings.